The molecule has 1 aliphatic heterocycles. The van der Waals surface area contributed by atoms with Gasteiger partial charge in [-0.2, -0.15) is 0 Å². The molecule has 0 radical (unpaired) electrons. The molecule has 0 aliphatic carbocycles. The van der Waals surface area contributed by atoms with E-state index in [0.29, 0.717) is 13.0 Å². The van der Waals surface area contributed by atoms with Gasteiger partial charge in [-0.15, -0.1) is 0 Å². The second-order valence-corrected chi connectivity index (χ2v) is 4.27. The van der Waals surface area contributed by atoms with E-state index in [-0.39, 0.29) is 24.4 Å². The summed E-state index contributed by atoms with van der Waals surface area (Å²) in [6, 6.07) is 3.77. The summed E-state index contributed by atoms with van der Waals surface area (Å²) in [5, 5.41) is 0. The fourth-order valence-electron chi connectivity index (χ4n) is 1.83. The van der Waals surface area contributed by atoms with Crippen LogP contribution in [0.4, 0.5) is 8.78 Å². The van der Waals surface area contributed by atoms with Crippen molar-refractivity contribution in [1.29, 1.82) is 0 Å². The summed E-state index contributed by atoms with van der Waals surface area (Å²) in [5.74, 6) is -2.26. The lowest BCUT2D eigenvalue weighted by Gasteiger charge is -2.19. The quantitative estimate of drug-likeness (QED) is 0.865. The second kappa shape index (κ2) is 4.50. The minimum absolute atomic E-state index is 0.0340. The summed E-state index contributed by atoms with van der Waals surface area (Å²) in [4.78, 5) is 11.9. The molecule has 1 aromatic carbocycles. The first kappa shape index (κ1) is 12.1. The van der Waals surface area contributed by atoms with Gasteiger partial charge in [-0.05, 0) is 18.1 Å². The smallest absolute Gasteiger partial charge is 0.162 e. The summed E-state index contributed by atoms with van der Waals surface area (Å²) in [6.07, 6.45) is 0.215. The first-order valence-corrected chi connectivity index (χ1v) is 5.36. The van der Waals surface area contributed by atoms with Gasteiger partial charge in [-0.1, -0.05) is 12.1 Å². The molecule has 2 rings (SSSR count). The minimum atomic E-state index is -1.06. The van der Waals surface area contributed by atoms with Crippen molar-refractivity contribution in [3.63, 3.8) is 0 Å². The maximum absolute atomic E-state index is 13.4. The van der Waals surface area contributed by atoms with E-state index in [1.807, 2.05) is 0 Å². The van der Waals surface area contributed by atoms with E-state index < -0.39 is 17.2 Å². The fraction of sp³-hybridized carbons (Fsp3) is 0.417. The van der Waals surface area contributed by atoms with Gasteiger partial charge < -0.3 is 10.5 Å². The van der Waals surface area contributed by atoms with Crippen molar-refractivity contribution in [1.82, 2.24) is 0 Å². The Balaban J connectivity index is 2.16. The molecular weight excluding hydrogens is 228 g/mol. The highest BCUT2D eigenvalue weighted by molar-refractivity contribution is 5.90. The number of carbonyl (C=O) groups excluding carboxylic acids is 1. The average Bonchev–Trinajstić information content (AvgIpc) is 2.73. The van der Waals surface area contributed by atoms with Crippen LogP contribution in [0.3, 0.4) is 0 Å². The van der Waals surface area contributed by atoms with E-state index in [0.717, 1.165) is 6.07 Å². The molecule has 17 heavy (non-hydrogen) atoms. The van der Waals surface area contributed by atoms with Gasteiger partial charge in [0.2, 0.25) is 0 Å². The lowest BCUT2D eigenvalue weighted by molar-refractivity contribution is -0.123. The molecule has 3 nitrogen and oxygen atoms in total. The predicted octanol–water partition coefficient (Wildman–Crippen LogP) is 1.19. The third kappa shape index (κ3) is 2.35. The maximum Gasteiger partial charge on any atom is 0.162 e. The molecule has 0 bridgehead atoms. The van der Waals surface area contributed by atoms with Crippen LogP contribution in [0, 0.1) is 11.6 Å². The van der Waals surface area contributed by atoms with Gasteiger partial charge in [0.25, 0.3) is 0 Å². The van der Waals surface area contributed by atoms with Crippen LogP contribution < -0.4 is 5.73 Å². The van der Waals surface area contributed by atoms with Crippen LogP contribution in [0.15, 0.2) is 18.2 Å². The first-order chi connectivity index (χ1) is 8.03. The lowest BCUT2D eigenvalue weighted by atomic mass is 9.90. The molecule has 1 unspecified atom stereocenters. The topological polar surface area (TPSA) is 52.3 Å². The van der Waals surface area contributed by atoms with E-state index in [1.54, 1.807) is 0 Å². The Kier molecular flexibility index (Phi) is 3.22. The van der Waals surface area contributed by atoms with Crippen molar-refractivity contribution in [2.45, 2.75) is 18.4 Å². The zero-order valence-corrected chi connectivity index (χ0v) is 9.21. The number of halogens is 2. The van der Waals surface area contributed by atoms with Crippen LogP contribution in [-0.4, -0.2) is 24.5 Å². The normalized spacial score (nSPS) is 23.9. The molecule has 0 saturated carbocycles. The molecular formula is C12H13F2NO2. The minimum Gasteiger partial charge on any atom is -0.379 e. The molecule has 1 heterocycles. The standard InChI is InChI=1S/C12H13F2NO2/c13-9-3-1-2-8(11(9)14)6-10(16)12(15)4-5-17-7-12/h1-3H,4-7,15H2. The molecule has 1 atom stereocenters. The number of benzene rings is 1. The van der Waals surface area contributed by atoms with E-state index in [1.165, 1.54) is 12.1 Å². The van der Waals surface area contributed by atoms with Gasteiger partial charge in [0.15, 0.2) is 17.4 Å². The molecule has 1 fully saturated rings. The molecule has 1 aliphatic rings. The second-order valence-electron chi connectivity index (χ2n) is 4.27. The van der Waals surface area contributed by atoms with Gasteiger partial charge in [-0.25, -0.2) is 8.78 Å². The van der Waals surface area contributed by atoms with E-state index in [4.69, 9.17) is 10.5 Å². The Labute approximate surface area is 97.6 Å². The van der Waals surface area contributed by atoms with E-state index in [9.17, 15) is 13.6 Å². The van der Waals surface area contributed by atoms with Crippen LogP contribution in [0.5, 0.6) is 0 Å². The van der Waals surface area contributed by atoms with Gasteiger partial charge >= 0.3 is 0 Å². The van der Waals surface area contributed by atoms with Crippen molar-refractivity contribution in [3.05, 3.63) is 35.4 Å². The Hall–Kier alpha value is -1.33. The Morgan fingerprint density at radius 3 is 2.88 bits per heavy atom. The average molecular weight is 241 g/mol. The molecule has 0 spiro atoms. The number of nitrogens with two attached hydrogens (primary N) is 1. The Morgan fingerprint density at radius 2 is 2.24 bits per heavy atom. The van der Waals surface area contributed by atoms with Crippen molar-refractivity contribution >= 4 is 5.78 Å². The van der Waals surface area contributed by atoms with Crippen molar-refractivity contribution in [3.8, 4) is 0 Å². The summed E-state index contributed by atoms with van der Waals surface area (Å²) < 4.78 is 31.4. The van der Waals surface area contributed by atoms with Gasteiger partial charge in [0.05, 0.1) is 6.61 Å². The molecule has 5 heteroatoms. The van der Waals surface area contributed by atoms with Gasteiger partial charge in [0.1, 0.15) is 5.54 Å². The van der Waals surface area contributed by atoms with Crippen LogP contribution in [0.1, 0.15) is 12.0 Å². The number of ketones is 1. The third-order valence-electron chi connectivity index (χ3n) is 2.99. The van der Waals surface area contributed by atoms with Crippen molar-refractivity contribution < 1.29 is 18.3 Å². The molecule has 1 aromatic rings. The molecule has 92 valence electrons. The highest BCUT2D eigenvalue weighted by Gasteiger charge is 2.37. The maximum atomic E-state index is 13.4. The number of rotatable bonds is 3. The summed E-state index contributed by atoms with van der Waals surface area (Å²) in [6.45, 7) is 0.566. The van der Waals surface area contributed by atoms with Gasteiger partial charge in [0, 0.05) is 13.0 Å². The SMILES string of the molecule is NC1(C(=O)Cc2cccc(F)c2F)CCOC1. The summed E-state index contributed by atoms with van der Waals surface area (Å²) in [5.41, 5.74) is 4.83. The zero-order valence-electron chi connectivity index (χ0n) is 9.21. The molecule has 2 N–H and O–H groups in total. The predicted molar refractivity (Wildman–Crippen MR) is 57.4 cm³/mol. The molecule has 0 aromatic heterocycles. The Bertz CT molecular complexity index is 442. The van der Waals surface area contributed by atoms with E-state index in [2.05, 4.69) is 0 Å². The monoisotopic (exact) mass is 241 g/mol. The highest BCUT2D eigenvalue weighted by atomic mass is 19.2. The zero-order chi connectivity index (χ0) is 12.5. The van der Waals surface area contributed by atoms with Crippen LogP contribution >= 0.6 is 0 Å². The number of hydrogen-bond donors (Lipinski definition) is 1. The van der Waals surface area contributed by atoms with Gasteiger partial charge in [-0.3, -0.25) is 4.79 Å². The van der Waals surface area contributed by atoms with E-state index >= 15 is 0 Å². The summed E-state index contributed by atoms with van der Waals surface area (Å²) in [7, 11) is 0. The number of Topliss-reactive ketones (excluding diaryl/α,β-unsaturated/α-hetero) is 1. The summed E-state index contributed by atoms with van der Waals surface area (Å²) >= 11 is 0. The van der Waals surface area contributed by atoms with Crippen LogP contribution in [0.2, 0.25) is 0 Å². The number of ether oxygens (including phenoxy) is 1. The van der Waals surface area contributed by atoms with Crippen molar-refractivity contribution in [2.75, 3.05) is 13.2 Å². The first-order valence-electron chi connectivity index (χ1n) is 5.36. The fourth-order valence-corrected chi connectivity index (χ4v) is 1.83. The largest absolute Gasteiger partial charge is 0.379 e. The highest BCUT2D eigenvalue weighted by Crippen LogP contribution is 2.20. The lowest BCUT2D eigenvalue weighted by Crippen LogP contribution is -2.49. The molecule has 0 amide bonds. The molecule has 1 saturated heterocycles. The third-order valence-corrected chi connectivity index (χ3v) is 2.99. The number of hydrogen-bond acceptors (Lipinski definition) is 3. The van der Waals surface area contributed by atoms with Crippen LogP contribution in [-0.2, 0) is 16.0 Å². The van der Waals surface area contributed by atoms with Crippen LogP contribution in [0.25, 0.3) is 0 Å². The van der Waals surface area contributed by atoms with Crippen molar-refractivity contribution in [2.24, 2.45) is 5.73 Å². The number of carbonyl (C=O) groups is 1. The Morgan fingerprint density at radius 1 is 1.47 bits per heavy atom.